The number of carbonyl (C=O) groups is 1. The van der Waals surface area contributed by atoms with Gasteiger partial charge in [0.25, 0.3) is 0 Å². The van der Waals surface area contributed by atoms with Crippen molar-refractivity contribution in [1.29, 1.82) is 0 Å². The normalized spacial score (nSPS) is 16.3. The van der Waals surface area contributed by atoms with Gasteiger partial charge in [-0.3, -0.25) is 4.79 Å². The SMILES string of the molecule is CNS(=O)(=O)c1ccc(CCC(=O)N2CCCCCC2)cc1. The summed E-state index contributed by atoms with van der Waals surface area (Å²) < 4.78 is 25.6. The molecule has 1 aromatic carbocycles. The van der Waals surface area contributed by atoms with Crippen LogP contribution in [0.5, 0.6) is 0 Å². The predicted molar refractivity (Wildman–Crippen MR) is 86.1 cm³/mol. The summed E-state index contributed by atoms with van der Waals surface area (Å²) in [6.45, 7) is 1.75. The van der Waals surface area contributed by atoms with Crippen LogP contribution in [0.25, 0.3) is 0 Å². The van der Waals surface area contributed by atoms with E-state index in [1.807, 2.05) is 4.90 Å². The summed E-state index contributed by atoms with van der Waals surface area (Å²) in [5.41, 5.74) is 0.984. The van der Waals surface area contributed by atoms with E-state index in [1.54, 1.807) is 24.3 Å². The van der Waals surface area contributed by atoms with Crippen molar-refractivity contribution in [1.82, 2.24) is 9.62 Å². The first kappa shape index (κ1) is 17.0. The van der Waals surface area contributed by atoms with Crippen LogP contribution >= 0.6 is 0 Å². The molecule has 0 radical (unpaired) electrons. The lowest BCUT2D eigenvalue weighted by Gasteiger charge is -2.20. The Hall–Kier alpha value is -1.40. The van der Waals surface area contributed by atoms with Crippen LogP contribution in [0, 0.1) is 0 Å². The maximum absolute atomic E-state index is 12.2. The van der Waals surface area contributed by atoms with Gasteiger partial charge in [-0.1, -0.05) is 25.0 Å². The van der Waals surface area contributed by atoms with Crippen LogP contribution in [0.4, 0.5) is 0 Å². The third-order valence-corrected chi connectivity index (χ3v) is 5.52. The summed E-state index contributed by atoms with van der Waals surface area (Å²) in [5, 5.41) is 0. The Morgan fingerprint density at radius 1 is 1.09 bits per heavy atom. The summed E-state index contributed by atoms with van der Waals surface area (Å²) in [4.78, 5) is 14.4. The van der Waals surface area contributed by atoms with E-state index in [4.69, 9.17) is 0 Å². The van der Waals surface area contributed by atoms with Crippen LogP contribution < -0.4 is 4.72 Å². The molecule has 1 aliphatic rings. The van der Waals surface area contributed by atoms with E-state index in [9.17, 15) is 13.2 Å². The lowest BCUT2D eigenvalue weighted by molar-refractivity contribution is -0.131. The Morgan fingerprint density at radius 3 is 2.23 bits per heavy atom. The summed E-state index contributed by atoms with van der Waals surface area (Å²) >= 11 is 0. The molecule has 1 aromatic rings. The summed E-state index contributed by atoms with van der Waals surface area (Å²) in [5.74, 6) is 0.203. The largest absolute Gasteiger partial charge is 0.343 e. The van der Waals surface area contributed by atoms with E-state index in [0.717, 1.165) is 31.5 Å². The second-order valence-corrected chi connectivity index (χ2v) is 7.53. The average Bonchev–Trinajstić information content (AvgIpc) is 2.82. The number of amides is 1. The van der Waals surface area contributed by atoms with Gasteiger partial charge in [-0.05, 0) is 44.0 Å². The third kappa shape index (κ3) is 4.55. The molecule has 1 fully saturated rings. The zero-order chi connectivity index (χ0) is 16.0. The molecule has 2 rings (SSSR count). The fourth-order valence-corrected chi connectivity index (χ4v) is 3.41. The average molecular weight is 324 g/mol. The van der Waals surface area contributed by atoms with Gasteiger partial charge in [0.15, 0.2) is 0 Å². The van der Waals surface area contributed by atoms with Crippen molar-refractivity contribution in [2.75, 3.05) is 20.1 Å². The number of hydrogen-bond acceptors (Lipinski definition) is 3. The van der Waals surface area contributed by atoms with Gasteiger partial charge in [0.1, 0.15) is 0 Å². The van der Waals surface area contributed by atoms with Crippen molar-refractivity contribution in [3.05, 3.63) is 29.8 Å². The topological polar surface area (TPSA) is 66.5 Å². The zero-order valence-corrected chi connectivity index (χ0v) is 13.9. The first-order valence-electron chi connectivity index (χ1n) is 7.83. The summed E-state index contributed by atoms with van der Waals surface area (Å²) in [7, 11) is -2.00. The van der Waals surface area contributed by atoms with Crippen LogP contribution in [-0.4, -0.2) is 39.4 Å². The van der Waals surface area contributed by atoms with Gasteiger partial charge in [-0.25, -0.2) is 13.1 Å². The van der Waals surface area contributed by atoms with E-state index in [0.29, 0.717) is 12.8 Å². The molecule has 0 atom stereocenters. The predicted octanol–water partition coefficient (Wildman–Crippen LogP) is 1.93. The van der Waals surface area contributed by atoms with Gasteiger partial charge >= 0.3 is 0 Å². The number of carbonyl (C=O) groups excluding carboxylic acids is 1. The van der Waals surface area contributed by atoms with Crippen molar-refractivity contribution in [2.45, 2.75) is 43.4 Å². The van der Waals surface area contributed by atoms with Gasteiger partial charge in [-0.15, -0.1) is 0 Å². The second-order valence-electron chi connectivity index (χ2n) is 5.65. The second kappa shape index (κ2) is 7.74. The fraction of sp³-hybridized carbons (Fsp3) is 0.562. The Kier molecular flexibility index (Phi) is 5.97. The number of likely N-dealkylation sites (tertiary alicyclic amines) is 1. The molecule has 122 valence electrons. The maximum atomic E-state index is 12.2. The molecular formula is C16H24N2O3S. The molecule has 1 heterocycles. The highest BCUT2D eigenvalue weighted by Gasteiger charge is 2.15. The van der Waals surface area contributed by atoms with Crippen LogP contribution in [0.3, 0.4) is 0 Å². The standard InChI is InChI=1S/C16H24N2O3S/c1-17-22(20,21)15-9-6-14(7-10-15)8-11-16(19)18-12-4-2-3-5-13-18/h6-7,9-10,17H,2-5,8,11-13H2,1H3. The molecule has 0 bridgehead atoms. The minimum Gasteiger partial charge on any atom is -0.343 e. The Labute approximate surface area is 132 Å². The molecule has 1 saturated heterocycles. The first-order valence-corrected chi connectivity index (χ1v) is 9.31. The lowest BCUT2D eigenvalue weighted by atomic mass is 10.1. The van der Waals surface area contributed by atoms with Crippen molar-refractivity contribution >= 4 is 15.9 Å². The molecule has 0 unspecified atom stereocenters. The number of hydrogen-bond donors (Lipinski definition) is 1. The number of rotatable bonds is 5. The van der Waals surface area contributed by atoms with Gasteiger partial charge in [0.05, 0.1) is 4.90 Å². The molecular weight excluding hydrogens is 300 g/mol. The Bertz CT molecular complexity index is 588. The van der Waals surface area contributed by atoms with Crippen molar-refractivity contribution in [2.24, 2.45) is 0 Å². The highest BCUT2D eigenvalue weighted by Crippen LogP contribution is 2.14. The molecule has 0 spiro atoms. The number of sulfonamides is 1. The minimum atomic E-state index is -3.39. The quantitative estimate of drug-likeness (QED) is 0.900. The molecule has 1 aliphatic heterocycles. The molecule has 0 saturated carbocycles. The Balaban J connectivity index is 1.90. The van der Waals surface area contributed by atoms with Gasteiger partial charge < -0.3 is 4.90 Å². The van der Waals surface area contributed by atoms with E-state index in [1.165, 1.54) is 19.9 Å². The number of aryl methyl sites for hydroxylation is 1. The van der Waals surface area contributed by atoms with Gasteiger partial charge in [0, 0.05) is 19.5 Å². The monoisotopic (exact) mass is 324 g/mol. The first-order chi connectivity index (χ1) is 10.5. The highest BCUT2D eigenvalue weighted by atomic mass is 32.2. The van der Waals surface area contributed by atoms with E-state index in [2.05, 4.69) is 4.72 Å². The van der Waals surface area contributed by atoms with Gasteiger partial charge in [0.2, 0.25) is 15.9 Å². The zero-order valence-electron chi connectivity index (χ0n) is 13.0. The van der Waals surface area contributed by atoms with Crippen LogP contribution in [0.2, 0.25) is 0 Å². The molecule has 1 N–H and O–H groups in total. The van der Waals surface area contributed by atoms with E-state index >= 15 is 0 Å². The lowest BCUT2D eigenvalue weighted by Crippen LogP contribution is -2.31. The van der Waals surface area contributed by atoms with Crippen molar-refractivity contribution < 1.29 is 13.2 Å². The summed E-state index contributed by atoms with van der Waals surface area (Å²) in [6, 6.07) is 6.72. The number of nitrogens with zero attached hydrogens (tertiary/aromatic N) is 1. The molecule has 22 heavy (non-hydrogen) atoms. The smallest absolute Gasteiger partial charge is 0.240 e. The van der Waals surface area contributed by atoms with E-state index < -0.39 is 10.0 Å². The fourth-order valence-electron chi connectivity index (χ4n) is 2.68. The van der Waals surface area contributed by atoms with Gasteiger partial charge in [-0.2, -0.15) is 0 Å². The van der Waals surface area contributed by atoms with E-state index in [-0.39, 0.29) is 10.8 Å². The molecule has 0 aromatic heterocycles. The third-order valence-electron chi connectivity index (χ3n) is 4.09. The van der Waals surface area contributed by atoms with Crippen LogP contribution in [0.15, 0.2) is 29.2 Å². The molecule has 6 heteroatoms. The summed E-state index contributed by atoms with van der Waals surface area (Å²) in [6.07, 6.45) is 5.76. The molecule has 5 nitrogen and oxygen atoms in total. The van der Waals surface area contributed by atoms with Crippen LogP contribution in [0.1, 0.15) is 37.7 Å². The molecule has 0 aliphatic carbocycles. The highest BCUT2D eigenvalue weighted by molar-refractivity contribution is 7.89. The number of benzene rings is 1. The van der Waals surface area contributed by atoms with Crippen LogP contribution in [-0.2, 0) is 21.2 Å². The number of nitrogens with one attached hydrogen (secondary N) is 1. The maximum Gasteiger partial charge on any atom is 0.240 e. The molecule has 1 amide bonds. The Morgan fingerprint density at radius 2 is 1.68 bits per heavy atom. The van der Waals surface area contributed by atoms with Crippen molar-refractivity contribution in [3.8, 4) is 0 Å². The van der Waals surface area contributed by atoms with Crippen molar-refractivity contribution in [3.63, 3.8) is 0 Å². The minimum absolute atomic E-state index is 0.203.